The predicted octanol–water partition coefficient (Wildman–Crippen LogP) is 6.09. The highest BCUT2D eigenvalue weighted by Crippen LogP contribution is 2.39. The van der Waals surface area contributed by atoms with E-state index in [0.29, 0.717) is 20.8 Å². The summed E-state index contributed by atoms with van der Waals surface area (Å²) in [5.74, 6) is 1.10. The molecule has 1 heterocycles. The SMILES string of the molecule is Cc1oc(C)c(C(Cl)c2cc(Cl)c(Br)cc2F)c1C. The van der Waals surface area contributed by atoms with Gasteiger partial charge >= 0.3 is 0 Å². The summed E-state index contributed by atoms with van der Waals surface area (Å²) in [6.07, 6.45) is 0. The second-order valence-corrected chi connectivity index (χ2v) is 6.10. The Morgan fingerprint density at radius 2 is 1.84 bits per heavy atom. The molecule has 0 aliphatic carbocycles. The second-order valence-electron chi connectivity index (χ2n) is 4.40. The monoisotopic (exact) mass is 364 g/mol. The number of benzene rings is 1. The van der Waals surface area contributed by atoms with Gasteiger partial charge in [-0.25, -0.2) is 4.39 Å². The van der Waals surface area contributed by atoms with Crippen LogP contribution in [0.2, 0.25) is 5.02 Å². The third-order valence-electron chi connectivity index (χ3n) is 3.18. The highest BCUT2D eigenvalue weighted by Gasteiger charge is 2.24. The fraction of sp³-hybridized carbons (Fsp3) is 0.286. The molecule has 0 fully saturated rings. The van der Waals surface area contributed by atoms with Gasteiger partial charge < -0.3 is 4.42 Å². The first-order valence-electron chi connectivity index (χ1n) is 5.68. The highest BCUT2D eigenvalue weighted by molar-refractivity contribution is 9.10. The molecular weight excluding hydrogens is 354 g/mol. The molecule has 5 heteroatoms. The zero-order chi connectivity index (χ0) is 14.3. The number of hydrogen-bond donors (Lipinski definition) is 0. The molecule has 0 saturated heterocycles. The molecule has 1 aromatic carbocycles. The molecule has 2 aromatic rings. The van der Waals surface area contributed by atoms with E-state index < -0.39 is 11.2 Å². The second kappa shape index (κ2) is 5.47. The molecule has 19 heavy (non-hydrogen) atoms. The van der Waals surface area contributed by atoms with Crippen molar-refractivity contribution in [1.29, 1.82) is 0 Å². The number of rotatable bonds is 2. The Morgan fingerprint density at radius 3 is 2.37 bits per heavy atom. The third-order valence-corrected chi connectivity index (χ3v) is 4.83. The molecule has 102 valence electrons. The van der Waals surface area contributed by atoms with Crippen molar-refractivity contribution in [2.75, 3.05) is 0 Å². The van der Waals surface area contributed by atoms with Crippen molar-refractivity contribution in [2.24, 2.45) is 0 Å². The summed E-state index contributed by atoms with van der Waals surface area (Å²) in [4.78, 5) is 0. The Bertz CT molecular complexity index is 637. The van der Waals surface area contributed by atoms with Crippen LogP contribution in [0.3, 0.4) is 0 Å². The van der Waals surface area contributed by atoms with Crippen LogP contribution in [0.4, 0.5) is 4.39 Å². The summed E-state index contributed by atoms with van der Waals surface area (Å²) in [5, 5.41) is -0.194. The first-order valence-corrected chi connectivity index (χ1v) is 7.28. The van der Waals surface area contributed by atoms with Crippen molar-refractivity contribution in [3.05, 3.63) is 55.7 Å². The molecule has 1 aromatic heterocycles. The maximum atomic E-state index is 14.0. The summed E-state index contributed by atoms with van der Waals surface area (Å²) < 4.78 is 20.1. The molecule has 2 rings (SSSR count). The minimum atomic E-state index is -0.622. The number of hydrogen-bond acceptors (Lipinski definition) is 1. The Kier molecular flexibility index (Phi) is 4.29. The van der Waals surface area contributed by atoms with Gasteiger partial charge in [0.2, 0.25) is 0 Å². The third kappa shape index (κ3) is 2.69. The topological polar surface area (TPSA) is 13.1 Å². The van der Waals surface area contributed by atoms with Gasteiger partial charge in [0, 0.05) is 15.6 Å². The van der Waals surface area contributed by atoms with Gasteiger partial charge in [-0.05, 0) is 54.4 Å². The van der Waals surface area contributed by atoms with E-state index in [2.05, 4.69) is 15.9 Å². The molecule has 0 aliphatic rings. The predicted molar refractivity (Wildman–Crippen MR) is 79.7 cm³/mol. The van der Waals surface area contributed by atoms with E-state index in [1.807, 2.05) is 20.8 Å². The Morgan fingerprint density at radius 1 is 1.21 bits per heavy atom. The van der Waals surface area contributed by atoms with Gasteiger partial charge in [0.25, 0.3) is 0 Å². The standard InChI is InChI=1S/C14H12BrCl2FO/c1-6-7(2)19-8(3)13(6)14(17)9-4-11(16)10(15)5-12(9)18/h4-5,14H,1-3H3. The molecule has 1 atom stereocenters. The minimum absolute atomic E-state index is 0.349. The van der Waals surface area contributed by atoms with Crippen molar-refractivity contribution < 1.29 is 8.81 Å². The number of furan rings is 1. The normalized spacial score (nSPS) is 12.8. The van der Waals surface area contributed by atoms with Crippen LogP contribution in [0, 0.1) is 26.6 Å². The molecule has 0 radical (unpaired) electrons. The maximum Gasteiger partial charge on any atom is 0.129 e. The van der Waals surface area contributed by atoms with Crippen LogP contribution >= 0.6 is 39.1 Å². The van der Waals surface area contributed by atoms with E-state index in [1.54, 1.807) is 6.07 Å². The lowest BCUT2D eigenvalue weighted by molar-refractivity contribution is 0.499. The highest BCUT2D eigenvalue weighted by atomic mass is 79.9. The molecule has 1 nitrogen and oxygen atoms in total. The van der Waals surface area contributed by atoms with E-state index in [1.165, 1.54) is 6.07 Å². The van der Waals surface area contributed by atoms with Crippen molar-refractivity contribution in [3.8, 4) is 0 Å². The van der Waals surface area contributed by atoms with Gasteiger partial charge in [-0.2, -0.15) is 0 Å². The molecule has 0 bridgehead atoms. The quantitative estimate of drug-likeness (QED) is 0.463. The van der Waals surface area contributed by atoms with Gasteiger partial charge in [0.15, 0.2) is 0 Å². The van der Waals surface area contributed by atoms with Crippen LogP contribution in [0.25, 0.3) is 0 Å². The molecule has 0 saturated carbocycles. The first-order chi connectivity index (χ1) is 8.82. The molecule has 0 N–H and O–H groups in total. The fourth-order valence-electron chi connectivity index (χ4n) is 2.07. The molecule has 0 aliphatic heterocycles. The zero-order valence-electron chi connectivity index (χ0n) is 10.7. The summed E-state index contributed by atoms with van der Waals surface area (Å²) in [6.45, 7) is 5.60. The smallest absolute Gasteiger partial charge is 0.129 e. The Labute approximate surface area is 129 Å². The van der Waals surface area contributed by atoms with Gasteiger partial charge in [0.05, 0.1) is 10.4 Å². The van der Waals surface area contributed by atoms with Gasteiger partial charge in [-0.15, -0.1) is 11.6 Å². The molecule has 0 amide bonds. The van der Waals surface area contributed by atoms with Crippen molar-refractivity contribution in [2.45, 2.75) is 26.1 Å². The van der Waals surface area contributed by atoms with E-state index in [0.717, 1.165) is 16.9 Å². The number of alkyl halides is 1. The lowest BCUT2D eigenvalue weighted by atomic mass is 10.0. The average Bonchev–Trinajstić information content (AvgIpc) is 2.57. The van der Waals surface area contributed by atoms with Crippen LogP contribution in [-0.2, 0) is 0 Å². The minimum Gasteiger partial charge on any atom is -0.466 e. The van der Waals surface area contributed by atoms with Crippen LogP contribution in [0.5, 0.6) is 0 Å². The van der Waals surface area contributed by atoms with Crippen molar-refractivity contribution in [3.63, 3.8) is 0 Å². The largest absolute Gasteiger partial charge is 0.466 e. The zero-order valence-corrected chi connectivity index (χ0v) is 13.8. The van der Waals surface area contributed by atoms with E-state index in [4.69, 9.17) is 27.6 Å². The first kappa shape index (κ1) is 14.9. The van der Waals surface area contributed by atoms with Crippen LogP contribution in [-0.4, -0.2) is 0 Å². The van der Waals surface area contributed by atoms with Gasteiger partial charge in [-0.3, -0.25) is 0 Å². The summed E-state index contributed by atoms with van der Waals surface area (Å²) in [7, 11) is 0. The van der Waals surface area contributed by atoms with Gasteiger partial charge in [-0.1, -0.05) is 11.6 Å². The van der Waals surface area contributed by atoms with Crippen LogP contribution in [0.15, 0.2) is 21.0 Å². The number of aryl methyl sites for hydroxylation is 2. The molecule has 1 unspecified atom stereocenters. The Balaban J connectivity index is 2.56. The summed E-state index contributed by atoms with van der Waals surface area (Å²) in [6, 6.07) is 2.87. The lowest BCUT2D eigenvalue weighted by Gasteiger charge is -2.13. The van der Waals surface area contributed by atoms with Crippen molar-refractivity contribution >= 4 is 39.1 Å². The van der Waals surface area contributed by atoms with Crippen LogP contribution in [0.1, 0.15) is 33.6 Å². The molecule has 0 spiro atoms. The molecular formula is C14H12BrCl2FO. The van der Waals surface area contributed by atoms with Crippen LogP contribution < -0.4 is 0 Å². The van der Waals surface area contributed by atoms with Gasteiger partial charge in [0.1, 0.15) is 17.3 Å². The fourth-order valence-corrected chi connectivity index (χ4v) is 3.04. The Hall–Kier alpha value is -0.510. The number of halogens is 4. The average molecular weight is 366 g/mol. The van der Waals surface area contributed by atoms with E-state index in [9.17, 15) is 4.39 Å². The lowest BCUT2D eigenvalue weighted by Crippen LogP contribution is -2.00. The summed E-state index contributed by atoms with van der Waals surface area (Å²) >= 11 is 15.6. The van der Waals surface area contributed by atoms with E-state index in [-0.39, 0.29) is 0 Å². The summed E-state index contributed by atoms with van der Waals surface area (Å²) in [5.41, 5.74) is 2.09. The van der Waals surface area contributed by atoms with Crippen molar-refractivity contribution in [1.82, 2.24) is 0 Å². The van der Waals surface area contributed by atoms with E-state index >= 15 is 0 Å². The maximum absolute atomic E-state index is 14.0.